The predicted molar refractivity (Wildman–Crippen MR) is 118 cm³/mol. The molecular formula is C25H26N2. The quantitative estimate of drug-likeness (QED) is 0.328. The molecule has 5 rings (SSSR count). The summed E-state index contributed by atoms with van der Waals surface area (Å²) < 4.78 is 4.99. The van der Waals surface area contributed by atoms with Crippen LogP contribution in [0.4, 0.5) is 0 Å². The van der Waals surface area contributed by atoms with Gasteiger partial charge in [0, 0.05) is 45.7 Å². The van der Waals surface area contributed by atoms with Crippen LogP contribution < -0.4 is 0 Å². The largest absolute Gasteiger partial charge is 0.341 e. The molecule has 0 unspecified atom stereocenters. The van der Waals surface area contributed by atoms with Crippen LogP contribution in [0, 0.1) is 0 Å². The SMILES string of the molecule is CCn1c2ccccc2c2c(C(C)C)c3c(cc21)c1ccccc1n3CC. The van der Waals surface area contributed by atoms with Gasteiger partial charge in [0.05, 0.1) is 11.0 Å². The standard InChI is InChI=1S/C25H26N2/c1-5-26-21-14-10-8-12-18(21)24-22(26)15-19-17-11-7-9-13-20(17)27(6-2)25(19)23(24)16(3)4/h7-16H,5-6H2,1-4H3. The molecule has 5 aromatic rings. The summed E-state index contributed by atoms with van der Waals surface area (Å²) in [5, 5.41) is 5.58. The van der Waals surface area contributed by atoms with Crippen molar-refractivity contribution in [1.82, 2.24) is 9.13 Å². The number of hydrogen-bond acceptors (Lipinski definition) is 0. The third kappa shape index (κ3) is 2.07. The van der Waals surface area contributed by atoms with E-state index in [0.29, 0.717) is 5.92 Å². The Kier molecular flexibility index (Phi) is 3.58. The molecule has 0 saturated heterocycles. The second-order valence-electron chi connectivity index (χ2n) is 7.76. The van der Waals surface area contributed by atoms with Gasteiger partial charge in [0.2, 0.25) is 0 Å². The van der Waals surface area contributed by atoms with E-state index in [1.165, 1.54) is 49.2 Å². The lowest BCUT2D eigenvalue weighted by Crippen LogP contribution is -2.00. The molecule has 0 amide bonds. The fraction of sp³-hybridized carbons (Fsp3) is 0.280. The first kappa shape index (κ1) is 16.4. The average molecular weight is 354 g/mol. The molecule has 0 fully saturated rings. The number of aromatic nitrogens is 2. The first-order valence-electron chi connectivity index (χ1n) is 10.1. The summed E-state index contributed by atoms with van der Waals surface area (Å²) in [7, 11) is 0. The number of aryl methyl sites for hydroxylation is 2. The summed E-state index contributed by atoms with van der Waals surface area (Å²) >= 11 is 0. The average Bonchev–Trinajstić information content (AvgIpc) is 3.18. The lowest BCUT2D eigenvalue weighted by molar-refractivity contribution is 0.806. The first-order valence-corrected chi connectivity index (χ1v) is 10.1. The minimum absolute atomic E-state index is 0.460. The monoisotopic (exact) mass is 354 g/mol. The number of rotatable bonds is 3. The fourth-order valence-electron chi connectivity index (χ4n) is 5.01. The molecule has 2 nitrogen and oxygen atoms in total. The van der Waals surface area contributed by atoms with Gasteiger partial charge in [0.15, 0.2) is 0 Å². The summed E-state index contributed by atoms with van der Waals surface area (Å²) in [5.74, 6) is 0.460. The van der Waals surface area contributed by atoms with Crippen molar-refractivity contribution >= 4 is 43.6 Å². The fourth-order valence-corrected chi connectivity index (χ4v) is 5.01. The van der Waals surface area contributed by atoms with Crippen LogP contribution in [0.1, 0.15) is 39.2 Å². The van der Waals surface area contributed by atoms with Gasteiger partial charge in [-0.05, 0) is 43.5 Å². The van der Waals surface area contributed by atoms with E-state index in [-0.39, 0.29) is 0 Å². The smallest absolute Gasteiger partial charge is 0.0534 e. The summed E-state index contributed by atoms with van der Waals surface area (Å²) in [6.07, 6.45) is 0. The maximum absolute atomic E-state index is 2.51. The Bertz CT molecular complexity index is 1310. The number of para-hydroxylation sites is 2. The molecule has 0 radical (unpaired) electrons. The van der Waals surface area contributed by atoms with Crippen LogP contribution in [0.15, 0.2) is 54.6 Å². The molecule has 2 heterocycles. The minimum atomic E-state index is 0.460. The maximum atomic E-state index is 2.51. The maximum Gasteiger partial charge on any atom is 0.0534 e. The van der Waals surface area contributed by atoms with E-state index < -0.39 is 0 Å². The highest BCUT2D eigenvalue weighted by Gasteiger charge is 2.22. The molecule has 0 aliphatic rings. The Morgan fingerprint density at radius 1 is 0.704 bits per heavy atom. The van der Waals surface area contributed by atoms with E-state index in [9.17, 15) is 0 Å². The third-order valence-electron chi connectivity index (χ3n) is 6.04. The van der Waals surface area contributed by atoms with Crippen molar-refractivity contribution in [1.29, 1.82) is 0 Å². The number of hydrogen-bond donors (Lipinski definition) is 0. The van der Waals surface area contributed by atoms with Gasteiger partial charge in [-0.25, -0.2) is 0 Å². The van der Waals surface area contributed by atoms with E-state index in [1.54, 1.807) is 0 Å². The number of nitrogens with zero attached hydrogens (tertiary/aromatic N) is 2. The summed E-state index contributed by atoms with van der Waals surface area (Å²) in [6, 6.07) is 20.2. The van der Waals surface area contributed by atoms with Gasteiger partial charge in [-0.1, -0.05) is 50.2 Å². The van der Waals surface area contributed by atoms with Crippen molar-refractivity contribution in [3.63, 3.8) is 0 Å². The lowest BCUT2D eigenvalue weighted by Gasteiger charge is -2.14. The molecule has 0 N–H and O–H groups in total. The Labute approximate surface area is 160 Å². The van der Waals surface area contributed by atoms with E-state index in [0.717, 1.165) is 13.1 Å². The zero-order chi connectivity index (χ0) is 18.7. The van der Waals surface area contributed by atoms with Crippen molar-refractivity contribution in [2.45, 2.75) is 46.7 Å². The van der Waals surface area contributed by atoms with Gasteiger partial charge in [0.25, 0.3) is 0 Å². The zero-order valence-corrected chi connectivity index (χ0v) is 16.6. The highest BCUT2D eigenvalue weighted by molar-refractivity contribution is 6.20. The van der Waals surface area contributed by atoms with E-state index in [4.69, 9.17) is 0 Å². The van der Waals surface area contributed by atoms with Crippen LogP contribution >= 0.6 is 0 Å². The van der Waals surface area contributed by atoms with Crippen molar-refractivity contribution < 1.29 is 0 Å². The molecule has 2 heteroatoms. The molecule has 136 valence electrons. The van der Waals surface area contributed by atoms with Crippen molar-refractivity contribution in [3.05, 3.63) is 60.2 Å². The first-order chi connectivity index (χ1) is 13.2. The van der Waals surface area contributed by atoms with E-state index in [2.05, 4.69) is 91.4 Å². The Hall–Kier alpha value is -2.74. The highest BCUT2D eigenvalue weighted by atomic mass is 15.0. The van der Waals surface area contributed by atoms with E-state index in [1.807, 2.05) is 0 Å². The van der Waals surface area contributed by atoms with Crippen LogP contribution in [0.5, 0.6) is 0 Å². The molecule has 27 heavy (non-hydrogen) atoms. The van der Waals surface area contributed by atoms with Crippen LogP contribution in [0.3, 0.4) is 0 Å². The predicted octanol–water partition coefficient (Wildman–Crippen LogP) is 7.07. The molecule has 0 aliphatic carbocycles. The number of fused-ring (bicyclic) bond motifs is 6. The molecule has 0 aliphatic heterocycles. The molecular weight excluding hydrogens is 328 g/mol. The zero-order valence-electron chi connectivity index (χ0n) is 16.6. The van der Waals surface area contributed by atoms with Gasteiger partial charge < -0.3 is 9.13 Å². The topological polar surface area (TPSA) is 9.86 Å². The second kappa shape index (κ2) is 5.88. The Morgan fingerprint density at radius 3 is 1.93 bits per heavy atom. The van der Waals surface area contributed by atoms with Crippen LogP contribution in [0.2, 0.25) is 0 Å². The molecule has 0 atom stereocenters. The Balaban J connectivity index is 2.16. The van der Waals surface area contributed by atoms with Crippen LogP contribution in [-0.2, 0) is 13.1 Å². The number of benzene rings is 3. The lowest BCUT2D eigenvalue weighted by atomic mass is 9.94. The van der Waals surface area contributed by atoms with Crippen LogP contribution in [0.25, 0.3) is 43.6 Å². The van der Waals surface area contributed by atoms with E-state index >= 15 is 0 Å². The van der Waals surface area contributed by atoms with Gasteiger partial charge in [-0.15, -0.1) is 0 Å². The normalized spacial score (nSPS) is 12.3. The summed E-state index contributed by atoms with van der Waals surface area (Å²) in [4.78, 5) is 0. The van der Waals surface area contributed by atoms with Gasteiger partial charge in [0.1, 0.15) is 0 Å². The van der Waals surface area contributed by atoms with Crippen LogP contribution in [-0.4, -0.2) is 9.13 Å². The molecule has 2 aromatic heterocycles. The van der Waals surface area contributed by atoms with Gasteiger partial charge in [-0.3, -0.25) is 0 Å². The second-order valence-corrected chi connectivity index (χ2v) is 7.76. The molecule has 0 saturated carbocycles. The minimum Gasteiger partial charge on any atom is -0.341 e. The Morgan fingerprint density at radius 2 is 1.30 bits per heavy atom. The van der Waals surface area contributed by atoms with Crippen molar-refractivity contribution in [3.8, 4) is 0 Å². The van der Waals surface area contributed by atoms with Gasteiger partial charge in [-0.2, -0.15) is 0 Å². The van der Waals surface area contributed by atoms with Gasteiger partial charge >= 0.3 is 0 Å². The summed E-state index contributed by atoms with van der Waals surface area (Å²) in [6.45, 7) is 11.2. The molecule has 3 aromatic carbocycles. The molecule has 0 spiro atoms. The highest BCUT2D eigenvalue weighted by Crippen LogP contribution is 2.42. The van der Waals surface area contributed by atoms with Crippen molar-refractivity contribution in [2.75, 3.05) is 0 Å². The molecule has 0 bridgehead atoms. The third-order valence-corrected chi connectivity index (χ3v) is 6.04. The summed E-state index contributed by atoms with van der Waals surface area (Å²) in [5.41, 5.74) is 6.96. The van der Waals surface area contributed by atoms with Crippen molar-refractivity contribution in [2.24, 2.45) is 0 Å².